The van der Waals surface area contributed by atoms with E-state index >= 15 is 0 Å². The first kappa shape index (κ1) is 12.6. The zero-order chi connectivity index (χ0) is 12.1. The zero-order valence-electron chi connectivity index (χ0n) is 9.77. The van der Waals surface area contributed by atoms with Gasteiger partial charge in [0.2, 0.25) is 0 Å². The number of rotatable bonds is 5. The maximum absolute atomic E-state index is 10.9. The second-order valence-electron chi connectivity index (χ2n) is 3.70. The third-order valence-electron chi connectivity index (χ3n) is 2.22. The Bertz CT molecular complexity index is 348. The maximum Gasteiger partial charge on any atom is 0.308 e. The van der Waals surface area contributed by atoms with Crippen LogP contribution in [0.2, 0.25) is 0 Å². The highest BCUT2D eigenvalue weighted by Gasteiger charge is 2.15. The standard InChI is InChI=1S/C11H17NO4/c1-8-4-5-10(16-8)12(2)7-9(13)6-11(14)15-3/h4-5,9,13H,6-7H2,1-3H3. The van der Waals surface area contributed by atoms with Crippen molar-refractivity contribution < 1.29 is 19.1 Å². The van der Waals surface area contributed by atoms with E-state index in [2.05, 4.69) is 4.74 Å². The highest BCUT2D eigenvalue weighted by atomic mass is 16.5. The number of aryl methyl sites for hydroxylation is 1. The Morgan fingerprint density at radius 2 is 2.31 bits per heavy atom. The molecule has 0 aromatic carbocycles. The Morgan fingerprint density at radius 1 is 1.62 bits per heavy atom. The molecular formula is C11H17NO4. The summed E-state index contributed by atoms with van der Waals surface area (Å²) < 4.78 is 9.85. The van der Waals surface area contributed by atoms with Crippen molar-refractivity contribution in [2.24, 2.45) is 0 Å². The Hall–Kier alpha value is -1.49. The van der Waals surface area contributed by atoms with Crippen molar-refractivity contribution in [3.63, 3.8) is 0 Å². The van der Waals surface area contributed by atoms with Gasteiger partial charge < -0.3 is 19.2 Å². The van der Waals surface area contributed by atoms with Crippen LogP contribution in [-0.2, 0) is 9.53 Å². The van der Waals surface area contributed by atoms with Crippen LogP contribution in [-0.4, -0.2) is 37.9 Å². The van der Waals surface area contributed by atoms with Gasteiger partial charge in [-0.1, -0.05) is 0 Å². The number of carbonyl (C=O) groups excluding carboxylic acids is 1. The largest absolute Gasteiger partial charge is 0.469 e. The number of nitrogens with zero attached hydrogens (tertiary/aromatic N) is 1. The summed E-state index contributed by atoms with van der Waals surface area (Å²) in [5.41, 5.74) is 0. The molecule has 0 saturated carbocycles. The third-order valence-corrected chi connectivity index (χ3v) is 2.22. The number of carbonyl (C=O) groups is 1. The fourth-order valence-corrected chi connectivity index (χ4v) is 1.37. The highest BCUT2D eigenvalue weighted by molar-refractivity contribution is 5.69. The summed E-state index contributed by atoms with van der Waals surface area (Å²) >= 11 is 0. The number of anilines is 1. The minimum atomic E-state index is -0.761. The summed E-state index contributed by atoms with van der Waals surface area (Å²) in [5.74, 6) is 1.06. The molecule has 0 aliphatic heterocycles. The molecule has 1 rings (SSSR count). The van der Waals surface area contributed by atoms with Crippen molar-refractivity contribution in [3.8, 4) is 0 Å². The van der Waals surface area contributed by atoms with Crippen LogP contribution in [0.15, 0.2) is 16.5 Å². The minimum Gasteiger partial charge on any atom is -0.469 e. The van der Waals surface area contributed by atoms with Gasteiger partial charge >= 0.3 is 5.97 Å². The fraction of sp³-hybridized carbons (Fsp3) is 0.545. The first-order valence-corrected chi connectivity index (χ1v) is 5.05. The van der Waals surface area contributed by atoms with Crippen LogP contribution in [0.5, 0.6) is 0 Å². The van der Waals surface area contributed by atoms with Crippen molar-refractivity contribution in [2.75, 3.05) is 25.6 Å². The second-order valence-corrected chi connectivity index (χ2v) is 3.70. The average molecular weight is 227 g/mol. The molecule has 1 N–H and O–H groups in total. The monoisotopic (exact) mass is 227 g/mol. The number of furan rings is 1. The lowest BCUT2D eigenvalue weighted by Crippen LogP contribution is -2.30. The van der Waals surface area contributed by atoms with Crippen LogP contribution in [0.3, 0.4) is 0 Å². The van der Waals surface area contributed by atoms with E-state index in [9.17, 15) is 9.90 Å². The number of esters is 1. The predicted molar refractivity (Wildman–Crippen MR) is 59.4 cm³/mol. The molecule has 0 aliphatic carbocycles. The summed E-state index contributed by atoms with van der Waals surface area (Å²) in [4.78, 5) is 12.7. The predicted octanol–water partition coefficient (Wildman–Crippen LogP) is 0.948. The first-order valence-electron chi connectivity index (χ1n) is 5.05. The molecule has 0 amide bonds. The molecule has 1 heterocycles. The molecule has 1 aromatic heterocycles. The van der Waals surface area contributed by atoms with Crippen LogP contribution < -0.4 is 4.90 Å². The molecule has 0 bridgehead atoms. The van der Waals surface area contributed by atoms with Crippen molar-refractivity contribution in [3.05, 3.63) is 17.9 Å². The summed E-state index contributed by atoms with van der Waals surface area (Å²) in [6.45, 7) is 2.17. The van der Waals surface area contributed by atoms with E-state index in [1.165, 1.54) is 7.11 Å². The third kappa shape index (κ3) is 3.58. The van der Waals surface area contributed by atoms with E-state index in [1.54, 1.807) is 11.9 Å². The molecule has 1 aromatic rings. The second kappa shape index (κ2) is 5.55. The summed E-state index contributed by atoms with van der Waals surface area (Å²) in [7, 11) is 3.09. The molecule has 90 valence electrons. The van der Waals surface area contributed by atoms with Gasteiger partial charge in [-0.15, -0.1) is 0 Å². The molecule has 0 aliphatic rings. The number of aliphatic hydroxyl groups is 1. The SMILES string of the molecule is COC(=O)CC(O)CN(C)c1ccc(C)o1. The Balaban J connectivity index is 2.45. The Labute approximate surface area is 94.6 Å². The molecule has 0 radical (unpaired) electrons. The van der Waals surface area contributed by atoms with Gasteiger partial charge in [0.15, 0.2) is 5.88 Å². The molecule has 5 heteroatoms. The van der Waals surface area contributed by atoms with Crippen LogP contribution in [0.25, 0.3) is 0 Å². The number of ether oxygens (including phenoxy) is 1. The number of hydrogen-bond donors (Lipinski definition) is 1. The summed E-state index contributed by atoms with van der Waals surface area (Å²) in [6, 6.07) is 3.67. The van der Waals surface area contributed by atoms with Crippen LogP contribution in [0, 0.1) is 6.92 Å². The number of hydrogen-bond acceptors (Lipinski definition) is 5. The normalized spacial score (nSPS) is 12.2. The lowest BCUT2D eigenvalue weighted by molar-refractivity contribution is -0.142. The summed E-state index contributed by atoms with van der Waals surface area (Å²) in [6.07, 6.45) is -0.775. The van der Waals surface area contributed by atoms with E-state index < -0.39 is 12.1 Å². The van der Waals surface area contributed by atoms with Crippen LogP contribution in [0.4, 0.5) is 5.88 Å². The van der Waals surface area contributed by atoms with Crippen molar-refractivity contribution in [1.82, 2.24) is 0 Å². The molecule has 0 spiro atoms. The molecule has 5 nitrogen and oxygen atoms in total. The summed E-state index contributed by atoms with van der Waals surface area (Å²) in [5, 5.41) is 9.61. The smallest absolute Gasteiger partial charge is 0.308 e. The first-order chi connectivity index (χ1) is 7.52. The van der Waals surface area contributed by atoms with Gasteiger partial charge in [0.1, 0.15) is 5.76 Å². The van der Waals surface area contributed by atoms with Crippen molar-refractivity contribution >= 4 is 11.9 Å². The molecule has 16 heavy (non-hydrogen) atoms. The van der Waals surface area contributed by atoms with E-state index in [4.69, 9.17) is 4.42 Å². The quantitative estimate of drug-likeness (QED) is 0.759. The fourth-order valence-electron chi connectivity index (χ4n) is 1.37. The number of likely N-dealkylation sites (N-methyl/N-ethyl adjacent to an activating group) is 1. The van der Waals surface area contributed by atoms with E-state index in [0.29, 0.717) is 12.4 Å². The zero-order valence-corrected chi connectivity index (χ0v) is 9.77. The topological polar surface area (TPSA) is 62.9 Å². The van der Waals surface area contributed by atoms with Crippen LogP contribution in [0.1, 0.15) is 12.2 Å². The van der Waals surface area contributed by atoms with Crippen molar-refractivity contribution in [1.29, 1.82) is 0 Å². The van der Waals surface area contributed by atoms with Gasteiger partial charge in [0.05, 0.1) is 19.6 Å². The van der Waals surface area contributed by atoms with Gasteiger partial charge in [-0.25, -0.2) is 0 Å². The van der Waals surface area contributed by atoms with Gasteiger partial charge in [0, 0.05) is 19.7 Å². The van der Waals surface area contributed by atoms with Crippen molar-refractivity contribution in [2.45, 2.75) is 19.4 Å². The van der Waals surface area contributed by atoms with Crippen LogP contribution >= 0.6 is 0 Å². The van der Waals surface area contributed by atoms with Gasteiger partial charge in [0.25, 0.3) is 0 Å². The Morgan fingerprint density at radius 3 is 2.81 bits per heavy atom. The molecule has 0 fully saturated rings. The van der Waals surface area contributed by atoms with Gasteiger partial charge in [-0.05, 0) is 13.0 Å². The number of aliphatic hydroxyl groups excluding tert-OH is 1. The van der Waals surface area contributed by atoms with E-state index in [-0.39, 0.29) is 6.42 Å². The molecule has 1 unspecified atom stereocenters. The average Bonchev–Trinajstić information content (AvgIpc) is 2.64. The lowest BCUT2D eigenvalue weighted by Gasteiger charge is -2.19. The van der Waals surface area contributed by atoms with Gasteiger partial charge in [-0.2, -0.15) is 0 Å². The number of methoxy groups -OCH3 is 1. The molecule has 1 atom stereocenters. The lowest BCUT2D eigenvalue weighted by atomic mass is 10.2. The molecule has 0 saturated heterocycles. The van der Waals surface area contributed by atoms with Gasteiger partial charge in [-0.3, -0.25) is 4.79 Å². The minimum absolute atomic E-state index is 0.0134. The highest BCUT2D eigenvalue weighted by Crippen LogP contribution is 2.16. The maximum atomic E-state index is 10.9. The molecular weight excluding hydrogens is 210 g/mol. The van der Waals surface area contributed by atoms with E-state index in [0.717, 1.165) is 5.76 Å². The Kier molecular flexibility index (Phi) is 4.37. The van der Waals surface area contributed by atoms with E-state index in [1.807, 2.05) is 19.1 Å².